The highest BCUT2D eigenvalue weighted by atomic mass is 15.2. The first-order valence-electron chi connectivity index (χ1n) is 6.86. The molecule has 1 aliphatic carbocycles. The number of piperidine rings is 1. The van der Waals surface area contributed by atoms with E-state index in [1.54, 1.807) is 5.57 Å². The largest absolute Gasteiger partial charge is 0.357 e. The minimum Gasteiger partial charge on any atom is -0.357 e. The lowest BCUT2D eigenvalue weighted by Crippen LogP contribution is -2.30. The van der Waals surface area contributed by atoms with Crippen molar-refractivity contribution in [2.75, 3.05) is 13.1 Å². The molecule has 0 bridgehead atoms. The molecule has 1 saturated carbocycles. The molecule has 2 atom stereocenters. The quantitative estimate of drug-likeness (QED) is 0.661. The van der Waals surface area contributed by atoms with Crippen molar-refractivity contribution in [3.05, 3.63) is 11.4 Å². The number of aliphatic imine (C=N–C) groups is 1. The van der Waals surface area contributed by atoms with E-state index in [1.807, 2.05) is 13.8 Å². The van der Waals surface area contributed by atoms with Crippen molar-refractivity contribution in [3.63, 3.8) is 0 Å². The molecule has 16 heavy (non-hydrogen) atoms. The zero-order valence-electron chi connectivity index (χ0n) is 10.9. The minimum atomic E-state index is 0.795. The predicted octanol–water partition coefficient (Wildman–Crippen LogP) is 3.45. The van der Waals surface area contributed by atoms with Gasteiger partial charge in [0.2, 0.25) is 0 Å². The summed E-state index contributed by atoms with van der Waals surface area (Å²) in [5.41, 5.74) is 1.56. The molecule has 2 heterocycles. The van der Waals surface area contributed by atoms with Gasteiger partial charge in [-0.25, -0.2) is 4.99 Å². The van der Waals surface area contributed by atoms with Crippen molar-refractivity contribution in [3.8, 4) is 0 Å². The molecule has 90 valence electrons. The third kappa shape index (κ3) is 2.16. The van der Waals surface area contributed by atoms with Gasteiger partial charge in [0.1, 0.15) is 5.82 Å². The molecule has 0 amide bonds. The summed E-state index contributed by atoms with van der Waals surface area (Å²) in [5, 5.41) is 0. The summed E-state index contributed by atoms with van der Waals surface area (Å²) in [5.74, 6) is 2.96. The van der Waals surface area contributed by atoms with Crippen molar-refractivity contribution in [2.45, 2.75) is 46.5 Å². The number of allylic oxidation sites excluding steroid dienone is 1. The van der Waals surface area contributed by atoms with Gasteiger partial charge in [-0.3, -0.25) is 0 Å². The normalized spacial score (nSPS) is 31.8. The van der Waals surface area contributed by atoms with Gasteiger partial charge in [0, 0.05) is 25.2 Å². The first kappa shape index (κ1) is 11.7. The molecule has 0 N–H and O–H groups in total. The molecule has 0 aromatic heterocycles. The lowest BCUT2D eigenvalue weighted by molar-refractivity contribution is 0.278. The zero-order valence-corrected chi connectivity index (χ0v) is 10.9. The van der Waals surface area contributed by atoms with Gasteiger partial charge in [-0.2, -0.15) is 0 Å². The van der Waals surface area contributed by atoms with E-state index in [0.29, 0.717) is 0 Å². The molecule has 0 aromatic carbocycles. The second-order valence-electron chi connectivity index (χ2n) is 4.84. The van der Waals surface area contributed by atoms with Crippen molar-refractivity contribution in [2.24, 2.45) is 16.8 Å². The second-order valence-corrected chi connectivity index (χ2v) is 4.84. The summed E-state index contributed by atoms with van der Waals surface area (Å²) in [4.78, 5) is 7.13. The first-order chi connectivity index (χ1) is 7.86. The highest BCUT2D eigenvalue weighted by Crippen LogP contribution is 2.47. The molecule has 3 rings (SSSR count). The maximum absolute atomic E-state index is 4.64. The summed E-state index contributed by atoms with van der Waals surface area (Å²) in [6, 6.07) is 0. The molecule has 0 aromatic rings. The van der Waals surface area contributed by atoms with Crippen molar-refractivity contribution in [1.29, 1.82) is 0 Å². The predicted molar refractivity (Wildman–Crippen MR) is 69.6 cm³/mol. The van der Waals surface area contributed by atoms with Crippen LogP contribution in [0.2, 0.25) is 0 Å². The van der Waals surface area contributed by atoms with Gasteiger partial charge in [0.15, 0.2) is 0 Å². The molecule has 1 saturated heterocycles. The van der Waals surface area contributed by atoms with Crippen LogP contribution in [0.25, 0.3) is 0 Å². The van der Waals surface area contributed by atoms with E-state index in [4.69, 9.17) is 0 Å². The molecule has 2 nitrogen and oxygen atoms in total. The summed E-state index contributed by atoms with van der Waals surface area (Å²) in [6.45, 7) is 8.73. The molecule has 0 spiro atoms. The minimum absolute atomic E-state index is 0.795. The van der Waals surface area contributed by atoms with Crippen LogP contribution >= 0.6 is 0 Å². The Bertz CT molecular complexity index is 298. The van der Waals surface area contributed by atoms with Gasteiger partial charge < -0.3 is 4.90 Å². The Labute approximate surface area is 99.4 Å². The van der Waals surface area contributed by atoms with E-state index in [0.717, 1.165) is 11.8 Å². The Hall–Kier alpha value is -0.790. The Morgan fingerprint density at radius 3 is 2.56 bits per heavy atom. The highest BCUT2D eigenvalue weighted by molar-refractivity contribution is 5.69. The van der Waals surface area contributed by atoms with Crippen LogP contribution in [-0.2, 0) is 0 Å². The number of nitrogens with zero attached hydrogens (tertiary/aromatic N) is 2. The number of rotatable bonds is 1. The average Bonchev–Trinajstić information content (AvgIpc) is 3.14. The van der Waals surface area contributed by atoms with Crippen LogP contribution in [0.5, 0.6) is 0 Å². The molecule has 3 aliphatic rings. The van der Waals surface area contributed by atoms with Gasteiger partial charge in [0.05, 0.1) is 0 Å². The molecular weight excluding hydrogens is 196 g/mol. The van der Waals surface area contributed by atoms with Gasteiger partial charge in [-0.15, -0.1) is 0 Å². The topological polar surface area (TPSA) is 15.6 Å². The summed E-state index contributed by atoms with van der Waals surface area (Å²) >= 11 is 0. The highest BCUT2D eigenvalue weighted by Gasteiger charge is 2.41. The third-order valence-electron chi connectivity index (χ3n) is 3.79. The van der Waals surface area contributed by atoms with Crippen molar-refractivity contribution < 1.29 is 0 Å². The van der Waals surface area contributed by atoms with Gasteiger partial charge in [-0.05, 0) is 44.1 Å². The smallest absolute Gasteiger partial charge is 0.127 e. The monoisotopic (exact) mass is 220 g/mol. The van der Waals surface area contributed by atoms with Crippen LogP contribution in [0, 0.1) is 11.8 Å². The standard InChI is InChI=1S/C12H18N2.C2H6/c1-9-11-7-10(11)8-13-12(9)14-5-3-2-4-6-14;1-2/h8,10-11H,2-7H2,1H3;1-2H3. The molecule has 0 radical (unpaired) electrons. The van der Waals surface area contributed by atoms with Crippen LogP contribution in [0.15, 0.2) is 16.4 Å². The molecule has 2 aliphatic heterocycles. The first-order valence-corrected chi connectivity index (χ1v) is 6.86. The summed E-state index contributed by atoms with van der Waals surface area (Å²) in [6.07, 6.45) is 7.63. The Balaban J connectivity index is 0.000000457. The van der Waals surface area contributed by atoms with Crippen molar-refractivity contribution >= 4 is 6.21 Å². The van der Waals surface area contributed by atoms with Crippen LogP contribution in [0.4, 0.5) is 0 Å². The second kappa shape index (κ2) is 5.03. The van der Waals surface area contributed by atoms with Crippen LogP contribution in [-0.4, -0.2) is 24.2 Å². The Morgan fingerprint density at radius 2 is 1.88 bits per heavy atom. The van der Waals surface area contributed by atoms with Crippen molar-refractivity contribution in [1.82, 2.24) is 4.90 Å². The SMILES string of the molecule is CC.CC1=C(N2CCCCC2)N=CC2CC12. The maximum atomic E-state index is 4.64. The average molecular weight is 220 g/mol. The summed E-state index contributed by atoms with van der Waals surface area (Å²) in [7, 11) is 0. The lowest BCUT2D eigenvalue weighted by Gasteiger charge is -2.31. The van der Waals surface area contributed by atoms with Gasteiger partial charge in [-0.1, -0.05) is 13.8 Å². The Kier molecular flexibility index (Phi) is 3.67. The van der Waals surface area contributed by atoms with Crippen LogP contribution < -0.4 is 0 Å². The number of likely N-dealkylation sites (tertiary alicyclic amines) is 1. The van der Waals surface area contributed by atoms with Gasteiger partial charge >= 0.3 is 0 Å². The molecule has 2 unspecified atom stereocenters. The molecular formula is C14H24N2. The van der Waals surface area contributed by atoms with E-state index in [1.165, 1.54) is 44.6 Å². The van der Waals surface area contributed by atoms with E-state index in [-0.39, 0.29) is 0 Å². The van der Waals surface area contributed by atoms with Crippen LogP contribution in [0.1, 0.15) is 46.5 Å². The zero-order chi connectivity index (χ0) is 11.5. The summed E-state index contributed by atoms with van der Waals surface area (Å²) < 4.78 is 0. The number of hydrogen-bond donors (Lipinski definition) is 0. The fraction of sp³-hybridized carbons (Fsp3) is 0.786. The Morgan fingerprint density at radius 1 is 1.19 bits per heavy atom. The molecule has 2 heteroatoms. The van der Waals surface area contributed by atoms with E-state index in [2.05, 4.69) is 23.0 Å². The third-order valence-corrected chi connectivity index (χ3v) is 3.79. The van der Waals surface area contributed by atoms with Crippen LogP contribution in [0.3, 0.4) is 0 Å². The number of fused-ring (bicyclic) bond motifs is 1. The number of hydrogen-bond acceptors (Lipinski definition) is 2. The van der Waals surface area contributed by atoms with E-state index in [9.17, 15) is 0 Å². The lowest BCUT2D eigenvalue weighted by atomic mass is 10.1. The van der Waals surface area contributed by atoms with E-state index >= 15 is 0 Å². The fourth-order valence-electron chi connectivity index (χ4n) is 2.75. The van der Waals surface area contributed by atoms with E-state index < -0.39 is 0 Å². The fourth-order valence-corrected chi connectivity index (χ4v) is 2.75. The molecule has 2 fully saturated rings. The van der Waals surface area contributed by atoms with Gasteiger partial charge in [0.25, 0.3) is 0 Å². The maximum Gasteiger partial charge on any atom is 0.127 e.